The van der Waals surface area contributed by atoms with E-state index in [9.17, 15) is 14.9 Å². The summed E-state index contributed by atoms with van der Waals surface area (Å²) < 4.78 is 5.08. The van der Waals surface area contributed by atoms with Crippen LogP contribution >= 0.6 is 11.3 Å². The number of nitro groups is 1. The minimum absolute atomic E-state index is 0.00717. The third-order valence-corrected chi connectivity index (χ3v) is 7.77. The second kappa shape index (κ2) is 9.80. The van der Waals surface area contributed by atoms with Crippen molar-refractivity contribution >= 4 is 28.4 Å². The lowest BCUT2D eigenvalue weighted by Gasteiger charge is -2.07. The summed E-state index contributed by atoms with van der Waals surface area (Å²) in [6.07, 6.45) is 1.65. The van der Waals surface area contributed by atoms with Crippen molar-refractivity contribution in [1.82, 2.24) is 14.0 Å². The molecular formula is C29H24N6O3S. The summed E-state index contributed by atoms with van der Waals surface area (Å²) in [6, 6.07) is 24.0. The molecule has 0 spiro atoms. The van der Waals surface area contributed by atoms with E-state index in [4.69, 9.17) is 10.1 Å². The first-order valence-electron chi connectivity index (χ1n) is 12.4. The number of aryl methyl sites for hydroxylation is 1. The van der Waals surface area contributed by atoms with Gasteiger partial charge in [0.05, 0.1) is 27.7 Å². The van der Waals surface area contributed by atoms with E-state index >= 15 is 0 Å². The largest absolute Gasteiger partial charge is 0.297 e. The van der Waals surface area contributed by atoms with Gasteiger partial charge in [-0.25, -0.2) is 14.4 Å². The topological polar surface area (TPSA) is 99.7 Å². The molecule has 0 radical (unpaired) electrons. The van der Waals surface area contributed by atoms with Gasteiger partial charge in [0.2, 0.25) is 4.80 Å². The van der Waals surface area contributed by atoms with Crippen LogP contribution in [0.25, 0.3) is 16.9 Å². The highest BCUT2D eigenvalue weighted by atomic mass is 32.1. The van der Waals surface area contributed by atoms with Gasteiger partial charge in [-0.2, -0.15) is 5.10 Å². The van der Waals surface area contributed by atoms with Crippen LogP contribution in [0, 0.1) is 17.0 Å². The molecule has 0 N–H and O–H groups in total. The molecule has 0 saturated heterocycles. The molecule has 1 aliphatic carbocycles. The summed E-state index contributed by atoms with van der Waals surface area (Å²) in [5.41, 5.74) is 6.04. The molecule has 10 heteroatoms. The van der Waals surface area contributed by atoms with Crippen LogP contribution in [0.3, 0.4) is 0 Å². The molecule has 6 rings (SSSR count). The molecule has 194 valence electrons. The van der Waals surface area contributed by atoms with Gasteiger partial charge in [0.15, 0.2) is 5.69 Å². The third-order valence-electron chi connectivity index (χ3n) is 6.95. The van der Waals surface area contributed by atoms with Gasteiger partial charge in [-0.1, -0.05) is 54.6 Å². The van der Waals surface area contributed by atoms with E-state index in [1.54, 1.807) is 20.1 Å². The van der Waals surface area contributed by atoms with Gasteiger partial charge in [0.25, 0.3) is 11.2 Å². The number of fused-ring (bicyclic) bond motifs is 1. The van der Waals surface area contributed by atoms with E-state index in [1.165, 1.54) is 29.0 Å². The summed E-state index contributed by atoms with van der Waals surface area (Å²) in [6.45, 7) is 1.86. The van der Waals surface area contributed by atoms with Gasteiger partial charge in [0.1, 0.15) is 0 Å². The quantitative estimate of drug-likeness (QED) is 0.223. The number of hydrogen-bond donors (Lipinski definition) is 0. The molecule has 2 heterocycles. The number of benzene rings is 3. The van der Waals surface area contributed by atoms with E-state index in [1.807, 2.05) is 67.9 Å². The van der Waals surface area contributed by atoms with Gasteiger partial charge in [-0.3, -0.25) is 19.6 Å². The normalized spacial score (nSPS) is 14.2. The zero-order valence-electron chi connectivity index (χ0n) is 21.3. The first kappa shape index (κ1) is 24.5. The number of nitro benzene ring substituents is 1. The highest BCUT2D eigenvalue weighted by Crippen LogP contribution is 2.27. The minimum Gasteiger partial charge on any atom is -0.283 e. The van der Waals surface area contributed by atoms with Gasteiger partial charge in [-0.15, -0.1) is 11.3 Å². The number of rotatable bonds is 5. The summed E-state index contributed by atoms with van der Waals surface area (Å²) in [7, 11) is 1.83. The molecule has 3 aromatic carbocycles. The Morgan fingerprint density at radius 1 is 0.974 bits per heavy atom. The summed E-state index contributed by atoms with van der Waals surface area (Å²) >= 11 is 1.34. The van der Waals surface area contributed by atoms with Crippen LogP contribution in [0.5, 0.6) is 0 Å². The molecule has 0 atom stereocenters. The molecule has 0 saturated carbocycles. The Kier molecular flexibility index (Phi) is 6.16. The van der Waals surface area contributed by atoms with Crippen LogP contribution < -0.4 is 10.4 Å². The summed E-state index contributed by atoms with van der Waals surface area (Å²) in [5.74, 6) is 0. The fourth-order valence-corrected chi connectivity index (χ4v) is 5.70. The molecule has 0 aliphatic heterocycles. The second-order valence-electron chi connectivity index (χ2n) is 9.25. The van der Waals surface area contributed by atoms with Crippen LogP contribution in [0.15, 0.2) is 99.1 Å². The van der Waals surface area contributed by atoms with Crippen molar-refractivity contribution in [1.29, 1.82) is 0 Å². The molecule has 5 aromatic rings. The number of thiazole rings is 1. The second-order valence-corrected chi connectivity index (χ2v) is 10.1. The molecule has 0 bridgehead atoms. The predicted molar refractivity (Wildman–Crippen MR) is 152 cm³/mol. The molecule has 39 heavy (non-hydrogen) atoms. The molecule has 2 aromatic heterocycles. The van der Waals surface area contributed by atoms with Crippen molar-refractivity contribution in [3.63, 3.8) is 0 Å². The smallest absolute Gasteiger partial charge is 0.283 e. The Morgan fingerprint density at radius 3 is 2.54 bits per heavy atom. The van der Waals surface area contributed by atoms with E-state index in [0.717, 1.165) is 29.8 Å². The van der Waals surface area contributed by atoms with Crippen molar-refractivity contribution in [2.45, 2.75) is 19.8 Å². The highest BCUT2D eigenvalue weighted by Gasteiger charge is 2.20. The Balaban J connectivity index is 1.58. The predicted octanol–water partition coefficient (Wildman–Crippen LogP) is 5.35. The van der Waals surface area contributed by atoms with Crippen LogP contribution in [0.1, 0.15) is 23.2 Å². The first-order valence-corrected chi connectivity index (χ1v) is 13.3. The van der Waals surface area contributed by atoms with E-state index in [0.29, 0.717) is 27.4 Å². The average molecular weight is 537 g/mol. The van der Waals surface area contributed by atoms with Crippen molar-refractivity contribution in [3.8, 4) is 16.9 Å². The van der Waals surface area contributed by atoms with E-state index in [-0.39, 0.29) is 11.2 Å². The maximum Gasteiger partial charge on any atom is 0.297 e. The number of para-hydroxylation sites is 1. The van der Waals surface area contributed by atoms with E-state index < -0.39 is 4.92 Å². The molecule has 0 fully saturated rings. The Hall–Kier alpha value is -4.83. The zero-order valence-corrected chi connectivity index (χ0v) is 22.1. The molecule has 9 nitrogen and oxygen atoms in total. The Bertz CT molecular complexity index is 1890. The molecule has 0 unspecified atom stereocenters. The first-order chi connectivity index (χ1) is 18.9. The third kappa shape index (κ3) is 4.34. The standard InChI is InChI=1S/C29H24N6O3S/c1-19-27(28(36)34(32(19)2)22-11-4-3-5-12-22)30-29-33(31-25-16-15-20-9-6-7-14-24(20)25)26(18-39-29)21-10-8-13-23(17-21)35(37)38/h3-14,17-18H,15-16H2,1-2H3. The molecule has 1 aliphatic rings. The van der Waals surface area contributed by atoms with Gasteiger partial charge in [0, 0.05) is 35.7 Å². The van der Waals surface area contributed by atoms with Crippen LogP contribution in [0.2, 0.25) is 0 Å². The maximum atomic E-state index is 13.6. The lowest BCUT2D eigenvalue weighted by atomic mass is 10.1. The average Bonchev–Trinajstić information content (AvgIpc) is 3.61. The highest BCUT2D eigenvalue weighted by molar-refractivity contribution is 7.07. The number of non-ortho nitro benzene ring substituents is 1. The van der Waals surface area contributed by atoms with Crippen LogP contribution in [-0.2, 0) is 13.5 Å². The van der Waals surface area contributed by atoms with Gasteiger partial charge < -0.3 is 0 Å². The monoisotopic (exact) mass is 536 g/mol. The fourth-order valence-electron chi connectivity index (χ4n) is 4.86. The SMILES string of the molecule is Cc1c(N=c2scc(-c3cccc([N+](=O)[O-])c3)n2N=C2CCc3ccccc32)c(=O)n(-c2ccccc2)n1C. The Labute approximate surface area is 227 Å². The fraction of sp³-hybridized carbons (Fsp3) is 0.138. The summed E-state index contributed by atoms with van der Waals surface area (Å²) in [4.78, 5) is 30.0. The number of aromatic nitrogens is 3. The zero-order chi connectivity index (χ0) is 27.1. The Morgan fingerprint density at radius 2 is 1.74 bits per heavy atom. The van der Waals surface area contributed by atoms with Crippen LogP contribution in [-0.4, -0.2) is 24.7 Å². The maximum absolute atomic E-state index is 13.6. The van der Waals surface area contributed by atoms with Gasteiger partial charge >= 0.3 is 0 Å². The van der Waals surface area contributed by atoms with E-state index in [2.05, 4.69) is 12.1 Å². The lowest BCUT2D eigenvalue weighted by molar-refractivity contribution is -0.384. The summed E-state index contributed by atoms with van der Waals surface area (Å²) in [5, 5.41) is 18.4. The molecule has 0 amide bonds. The van der Waals surface area contributed by atoms with Crippen molar-refractivity contribution < 1.29 is 4.92 Å². The molecular weight excluding hydrogens is 512 g/mol. The number of nitrogens with zero attached hydrogens (tertiary/aromatic N) is 6. The number of hydrogen-bond acceptors (Lipinski definition) is 6. The van der Waals surface area contributed by atoms with Crippen LogP contribution in [0.4, 0.5) is 11.4 Å². The van der Waals surface area contributed by atoms with Crippen molar-refractivity contribution in [2.75, 3.05) is 0 Å². The lowest BCUT2D eigenvalue weighted by Crippen LogP contribution is -2.20. The van der Waals surface area contributed by atoms with Crippen molar-refractivity contribution in [3.05, 3.63) is 126 Å². The minimum atomic E-state index is -0.413. The van der Waals surface area contributed by atoms with Gasteiger partial charge in [-0.05, 0) is 37.5 Å². The van der Waals surface area contributed by atoms with Crippen molar-refractivity contribution in [2.24, 2.45) is 17.1 Å².